The molecule has 71 heavy (non-hydrogen) atoms. The summed E-state index contributed by atoms with van der Waals surface area (Å²) in [5, 5.41) is 2.89. The minimum atomic E-state index is -0.492. The zero-order valence-corrected chi connectivity index (χ0v) is 47.2. The Bertz CT molecular complexity index is 1610. The molecule has 4 rings (SSSR count). The molecule has 3 saturated carbocycles. The van der Waals surface area contributed by atoms with Crippen LogP contribution in [-0.2, 0) is 28.5 Å². The zero-order valence-electron chi connectivity index (χ0n) is 47.2. The van der Waals surface area contributed by atoms with Crippen molar-refractivity contribution in [1.29, 1.82) is 0 Å². The monoisotopic (exact) mass is 995 g/mol. The van der Waals surface area contributed by atoms with E-state index < -0.39 is 17.0 Å². The van der Waals surface area contributed by atoms with E-state index in [1.165, 1.54) is 108 Å². The normalized spacial score (nSPS) is 28.5. The Labute approximate surface area is 435 Å². The van der Waals surface area contributed by atoms with Crippen LogP contribution in [0.3, 0.4) is 0 Å². The number of carbonyl (C=O) groups excluding carboxylic acids is 2. The van der Waals surface area contributed by atoms with Crippen molar-refractivity contribution in [2.75, 3.05) is 59.2 Å². The van der Waals surface area contributed by atoms with Gasteiger partial charge < -0.3 is 40.6 Å². The standard InChI is InChI=1S/C61H110N4O6/c1-9-10-11-12-13-14-15-16-17-18-19-20-21-22-23-27-43-68-47-54(46-65-41-25-24-26-42-65)70-44-40-64-55(66)48-69-49-56(67)71-53-33-36-57(5,6)52(45-53)32-37-60(62)35-29-34-59(8)58(7,38-39-61(59,60)63)51(4)31-28-30-50(2)3/h13-14,16-17,32,50-51,53-54H,9-12,15,18-31,33-49,62-63H2,1-8H3,(H,64,66). The predicted octanol–water partition coefficient (Wildman–Crippen LogP) is 13.1. The molecule has 3 aliphatic carbocycles. The van der Waals surface area contributed by atoms with Crippen LogP contribution in [-0.4, -0.2) is 99.3 Å². The Hall–Kier alpha value is -2.08. The third-order valence-electron chi connectivity index (χ3n) is 18.3. The number of esters is 1. The van der Waals surface area contributed by atoms with Gasteiger partial charge in [0, 0.05) is 37.2 Å². The molecule has 4 fully saturated rings. The lowest BCUT2D eigenvalue weighted by molar-refractivity contribution is -0.156. The molecule has 0 radical (unpaired) electrons. The van der Waals surface area contributed by atoms with Crippen LogP contribution in [0.2, 0.25) is 0 Å². The molecule has 10 nitrogen and oxygen atoms in total. The fourth-order valence-corrected chi connectivity index (χ4v) is 13.0. The molecule has 7 unspecified atom stereocenters. The lowest BCUT2D eigenvalue weighted by Crippen LogP contribution is -2.74. The molecule has 7 atom stereocenters. The lowest BCUT2D eigenvalue weighted by Gasteiger charge is -2.61. The average molecular weight is 996 g/mol. The number of carbonyl (C=O) groups is 2. The number of ether oxygens (including phenoxy) is 4. The Balaban J connectivity index is 1.11. The molecular formula is C61H110N4O6. The number of allylic oxidation sites excluding steroid dienone is 4. The summed E-state index contributed by atoms with van der Waals surface area (Å²) < 4.78 is 23.9. The molecule has 0 aromatic carbocycles. The smallest absolute Gasteiger partial charge is 0.332 e. The highest BCUT2D eigenvalue weighted by atomic mass is 16.6. The molecule has 410 valence electrons. The van der Waals surface area contributed by atoms with E-state index in [1.54, 1.807) is 0 Å². The maximum atomic E-state index is 13.0. The fourth-order valence-electron chi connectivity index (χ4n) is 13.0. The molecule has 4 aliphatic rings. The van der Waals surface area contributed by atoms with Gasteiger partial charge in [0.1, 0.15) is 19.3 Å². The highest BCUT2D eigenvalue weighted by Crippen LogP contribution is 2.68. The maximum absolute atomic E-state index is 13.0. The zero-order chi connectivity index (χ0) is 51.6. The molecule has 1 aliphatic heterocycles. The summed E-state index contributed by atoms with van der Waals surface area (Å²) in [5.41, 5.74) is 15.7. The van der Waals surface area contributed by atoms with Crippen LogP contribution in [0.5, 0.6) is 0 Å². The maximum Gasteiger partial charge on any atom is 0.332 e. The molecular weight excluding hydrogens is 885 g/mol. The van der Waals surface area contributed by atoms with Crippen molar-refractivity contribution in [2.24, 2.45) is 39.5 Å². The van der Waals surface area contributed by atoms with E-state index in [9.17, 15) is 9.59 Å². The number of nitrogens with zero attached hydrogens (tertiary/aromatic N) is 1. The van der Waals surface area contributed by atoms with Crippen molar-refractivity contribution in [1.82, 2.24) is 10.2 Å². The molecule has 0 aromatic heterocycles. The Morgan fingerprint density at radius 1 is 0.761 bits per heavy atom. The fraction of sp³-hybridized carbons (Fsp3) is 0.869. The highest BCUT2D eigenvalue weighted by molar-refractivity contribution is 5.77. The van der Waals surface area contributed by atoms with Gasteiger partial charge in [-0.15, -0.1) is 0 Å². The van der Waals surface area contributed by atoms with Crippen LogP contribution in [0.1, 0.15) is 229 Å². The van der Waals surface area contributed by atoms with Gasteiger partial charge in [-0.3, -0.25) is 4.79 Å². The van der Waals surface area contributed by atoms with E-state index >= 15 is 0 Å². The van der Waals surface area contributed by atoms with Gasteiger partial charge in [0.2, 0.25) is 5.91 Å². The first-order valence-corrected chi connectivity index (χ1v) is 29.5. The Morgan fingerprint density at radius 2 is 1.46 bits per heavy atom. The van der Waals surface area contributed by atoms with Crippen LogP contribution >= 0.6 is 0 Å². The van der Waals surface area contributed by atoms with Gasteiger partial charge in [-0.25, -0.2) is 4.79 Å². The third kappa shape index (κ3) is 19.5. The Kier molecular flexibility index (Phi) is 27.5. The molecule has 1 saturated heterocycles. The highest BCUT2D eigenvalue weighted by Gasteiger charge is 2.69. The first kappa shape index (κ1) is 61.5. The minimum Gasteiger partial charge on any atom is -0.460 e. The summed E-state index contributed by atoms with van der Waals surface area (Å²) >= 11 is 0. The number of nitrogens with two attached hydrogens (primary N) is 2. The summed E-state index contributed by atoms with van der Waals surface area (Å²) in [6.07, 6.45) is 42.1. The van der Waals surface area contributed by atoms with E-state index in [4.69, 9.17) is 30.4 Å². The molecule has 0 bridgehead atoms. The second kappa shape index (κ2) is 31.7. The number of likely N-dealkylation sites (tertiary alicyclic amines) is 1. The van der Waals surface area contributed by atoms with Crippen LogP contribution in [0.15, 0.2) is 36.0 Å². The summed E-state index contributed by atoms with van der Waals surface area (Å²) in [6, 6.07) is 0. The van der Waals surface area contributed by atoms with Crippen molar-refractivity contribution in [3.05, 3.63) is 36.0 Å². The van der Waals surface area contributed by atoms with Crippen LogP contribution in [0, 0.1) is 28.1 Å². The van der Waals surface area contributed by atoms with Gasteiger partial charge in [-0.05, 0) is 137 Å². The summed E-state index contributed by atoms with van der Waals surface area (Å²) in [7, 11) is 0. The van der Waals surface area contributed by atoms with Gasteiger partial charge in [0.25, 0.3) is 0 Å². The van der Waals surface area contributed by atoms with Gasteiger partial charge in [-0.1, -0.05) is 162 Å². The van der Waals surface area contributed by atoms with E-state index in [1.807, 2.05) is 0 Å². The summed E-state index contributed by atoms with van der Waals surface area (Å²) in [5.74, 6) is 0.622. The number of piperidine rings is 1. The molecule has 5 N–H and O–H groups in total. The largest absolute Gasteiger partial charge is 0.460 e. The number of hydrogen-bond acceptors (Lipinski definition) is 9. The van der Waals surface area contributed by atoms with Crippen molar-refractivity contribution < 1.29 is 28.5 Å². The van der Waals surface area contributed by atoms with Crippen LogP contribution in [0.25, 0.3) is 0 Å². The molecule has 1 amide bonds. The number of unbranched alkanes of at least 4 members (excludes halogenated alkanes) is 9. The first-order chi connectivity index (χ1) is 34.0. The first-order valence-electron chi connectivity index (χ1n) is 29.5. The molecule has 10 heteroatoms. The number of fused-ring (bicyclic) bond motifs is 1. The van der Waals surface area contributed by atoms with E-state index in [-0.39, 0.29) is 47.6 Å². The Morgan fingerprint density at radius 3 is 2.18 bits per heavy atom. The van der Waals surface area contributed by atoms with Crippen molar-refractivity contribution in [2.45, 2.75) is 252 Å². The predicted molar refractivity (Wildman–Crippen MR) is 295 cm³/mol. The van der Waals surface area contributed by atoms with Gasteiger partial charge >= 0.3 is 5.97 Å². The topological polar surface area (TPSA) is 138 Å². The van der Waals surface area contributed by atoms with Crippen LogP contribution in [0.4, 0.5) is 0 Å². The number of hydrogen-bond donors (Lipinski definition) is 3. The van der Waals surface area contributed by atoms with E-state index in [0.717, 1.165) is 96.4 Å². The van der Waals surface area contributed by atoms with E-state index in [0.29, 0.717) is 32.1 Å². The van der Waals surface area contributed by atoms with Gasteiger partial charge in [0.05, 0.1) is 19.3 Å². The number of rotatable bonds is 35. The van der Waals surface area contributed by atoms with Crippen molar-refractivity contribution in [3.63, 3.8) is 0 Å². The molecule has 0 spiro atoms. The van der Waals surface area contributed by atoms with Gasteiger partial charge in [0.15, 0.2) is 0 Å². The minimum absolute atomic E-state index is 0.0183. The average Bonchev–Trinajstić information content (AvgIpc) is 3.56. The van der Waals surface area contributed by atoms with Crippen LogP contribution < -0.4 is 16.8 Å². The number of nitrogens with one attached hydrogen (secondary N) is 1. The van der Waals surface area contributed by atoms with Gasteiger partial charge in [-0.2, -0.15) is 0 Å². The molecule has 1 heterocycles. The van der Waals surface area contributed by atoms with Crippen molar-refractivity contribution in [3.8, 4) is 0 Å². The van der Waals surface area contributed by atoms with Crippen molar-refractivity contribution >= 4 is 11.9 Å². The summed E-state index contributed by atoms with van der Waals surface area (Å²) in [4.78, 5) is 28.2. The second-order valence-corrected chi connectivity index (χ2v) is 24.5. The number of amides is 1. The summed E-state index contributed by atoms with van der Waals surface area (Å²) in [6.45, 7) is 23.6. The third-order valence-corrected chi connectivity index (χ3v) is 18.3. The lowest BCUT2D eigenvalue weighted by atomic mass is 9.47. The van der Waals surface area contributed by atoms with E-state index in [2.05, 4.69) is 96.0 Å². The SMILES string of the molecule is CCCCCC=CCC=CCCCCCCCCOCC(CN1CCCCC1)OCCNC(=O)COCC(=O)OC1CCC(C)(C)C(=CCC2(N)CCCC3(C)C(C)(C(C)CCCC(C)C)CCC23N)C1. The molecule has 0 aromatic rings. The second-order valence-electron chi connectivity index (χ2n) is 24.5. The quantitative estimate of drug-likeness (QED) is 0.0322.